The molecule has 1 aromatic carbocycles. The smallest absolute Gasteiger partial charge is 0.303 e. The van der Waals surface area contributed by atoms with Gasteiger partial charge in [0.25, 0.3) is 5.91 Å². The van der Waals surface area contributed by atoms with Gasteiger partial charge in [0.1, 0.15) is 0 Å². The van der Waals surface area contributed by atoms with E-state index in [2.05, 4.69) is 34.9 Å². The SMILES string of the molecule is CCCCCCCCCCCCCCCCCC(=O)O.O=C1c2cccc3c2[C@H](CCC3)CN1[C@@H]1CN2CCC1CC2. The van der Waals surface area contributed by atoms with E-state index in [-0.39, 0.29) is 0 Å². The van der Waals surface area contributed by atoms with Gasteiger partial charge in [-0.3, -0.25) is 9.59 Å². The van der Waals surface area contributed by atoms with Gasteiger partial charge in [0.05, 0.1) is 0 Å². The number of carboxylic acids is 1. The second kappa shape index (κ2) is 18.0. The van der Waals surface area contributed by atoms with Crippen LogP contribution in [-0.4, -0.2) is 59.0 Å². The molecule has 42 heavy (non-hydrogen) atoms. The van der Waals surface area contributed by atoms with Crippen molar-refractivity contribution in [2.24, 2.45) is 5.92 Å². The van der Waals surface area contributed by atoms with Crippen LogP contribution in [0, 0.1) is 5.92 Å². The van der Waals surface area contributed by atoms with E-state index in [0.29, 0.717) is 24.3 Å². The summed E-state index contributed by atoms with van der Waals surface area (Å²) in [6.45, 7) is 6.84. The number of piperidine rings is 3. The largest absolute Gasteiger partial charge is 0.481 e. The number of hydrogen-bond acceptors (Lipinski definition) is 3. The molecule has 2 atom stereocenters. The fourth-order valence-corrected chi connectivity index (χ4v) is 8.06. The molecule has 236 valence electrons. The molecular weight excluding hydrogens is 520 g/mol. The van der Waals surface area contributed by atoms with Crippen LogP contribution < -0.4 is 0 Å². The first-order valence-electron chi connectivity index (χ1n) is 18.0. The van der Waals surface area contributed by atoms with Gasteiger partial charge in [-0.15, -0.1) is 0 Å². The molecule has 0 unspecified atom stereocenters. The first-order valence-corrected chi connectivity index (χ1v) is 18.0. The van der Waals surface area contributed by atoms with Gasteiger partial charge >= 0.3 is 5.97 Å². The summed E-state index contributed by atoms with van der Waals surface area (Å²) in [5.74, 6) is 0.990. The Balaban J connectivity index is 0.000000195. The molecule has 6 rings (SSSR count). The summed E-state index contributed by atoms with van der Waals surface area (Å²) in [5.41, 5.74) is 3.86. The first kappa shape index (κ1) is 33.0. The minimum atomic E-state index is -0.653. The zero-order valence-corrected chi connectivity index (χ0v) is 26.8. The molecule has 0 spiro atoms. The van der Waals surface area contributed by atoms with E-state index in [4.69, 9.17) is 5.11 Å². The third-order valence-corrected chi connectivity index (χ3v) is 10.5. The number of carbonyl (C=O) groups is 2. The fourth-order valence-electron chi connectivity index (χ4n) is 8.06. The number of hydrogen-bond donors (Lipinski definition) is 1. The lowest BCUT2D eigenvalue weighted by Gasteiger charge is -2.51. The Morgan fingerprint density at radius 1 is 0.810 bits per heavy atom. The summed E-state index contributed by atoms with van der Waals surface area (Å²) in [5, 5.41) is 8.52. The highest BCUT2D eigenvalue weighted by Crippen LogP contribution is 2.41. The van der Waals surface area contributed by atoms with Crippen molar-refractivity contribution in [2.75, 3.05) is 26.2 Å². The molecule has 4 aliphatic heterocycles. The Hall–Kier alpha value is -1.88. The lowest BCUT2D eigenvalue weighted by atomic mass is 9.75. The van der Waals surface area contributed by atoms with Crippen molar-refractivity contribution in [2.45, 2.75) is 154 Å². The molecule has 0 saturated carbocycles. The average molecular weight is 581 g/mol. The molecule has 1 N–H and O–H groups in total. The molecule has 1 aromatic rings. The van der Waals surface area contributed by atoms with Crippen molar-refractivity contribution in [3.8, 4) is 0 Å². The summed E-state index contributed by atoms with van der Waals surface area (Å²) < 4.78 is 0. The van der Waals surface area contributed by atoms with Gasteiger partial charge in [0, 0.05) is 37.0 Å². The summed E-state index contributed by atoms with van der Waals surface area (Å²) >= 11 is 0. The second-order valence-corrected chi connectivity index (χ2v) is 13.7. The van der Waals surface area contributed by atoms with Crippen molar-refractivity contribution < 1.29 is 14.7 Å². The maximum absolute atomic E-state index is 13.1. The Labute approximate surface area is 256 Å². The lowest BCUT2D eigenvalue weighted by molar-refractivity contribution is -0.137. The number of nitrogens with zero attached hydrogens (tertiary/aromatic N) is 2. The van der Waals surface area contributed by atoms with Gasteiger partial charge in [-0.2, -0.15) is 0 Å². The molecule has 2 bridgehead atoms. The van der Waals surface area contributed by atoms with Gasteiger partial charge in [-0.25, -0.2) is 0 Å². The Morgan fingerprint density at radius 2 is 1.40 bits per heavy atom. The van der Waals surface area contributed by atoms with Gasteiger partial charge in [-0.1, -0.05) is 109 Å². The number of fused-ring (bicyclic) bond motifs is 3. The average Bonchev–Trinajstić information content (AvgIpc) is 3.01. The van der Waals surface area contributed by atoms with Crippen LogP contribution in [0.25, 0.3) is 0 Å². The quantitative estimate of drug-likeness (QED) is 0.187. The maximum Gasteiger partial charge on any atom is 0.303 e. The number of aryl methyl sites for hydroxylation is 1. The maximum atomic E-state index is 13.1. The summed E-state index contributed by atoms with van der Waals surface area (Å²) in [6.07, 6.45) is 26.5. The van der Waals surface area contributed by atoms with Crippen LogP contribution in [0.3, 0.4) is 0 Å². The zero-order valence-electron chi connectivity index (χ0n) is 26.8. The number of carboxylic acid groups (broad SMARTS) is 1. The molecule has 5 heteroatoms. The number of aliphatic carboxylic acids is 1. The van der Waals surface area contributed by atoms with Crippen molar-refractivity contribution >= 4 is 11.9 Å². The van der Waals surface area contributed by atoms with Gasteiger partial charge in [-0.05, 0) is 74.7 Å². The number of unbranched alkanes of at least 4 members (excludes halogenated alkanes) is 14. The molecule has 0 radical (unpaired) electrons. The van der Waals surface area contributed by atoms with Gasteiger partial charge in [0.2, 0.25) is 0 Å². The van der Waals surface area contributed by atoms with Crippen LogP contribution in [0.15, 0.2) is 18.2 Å². The fraction of sp³-hybridized carbons (Fsp3) is 0.784. The normalized spacial score (nSPS) is 24.2. The molecule has 3 saturated heterocycles. The molecule has 1 amide bonds. The lowest BCUT2D eigenvalue weighted by Crippen LogP contribution is -2.60. The Bertz CT molecular complexity index is 954. The highest BCUT2D eigenvalue weighted by atomic mass is 16.4. The summed E-state index contributed by atoms with van der Waals surface area (Å²) in [6, 6.07) is 6.87. The number of rotatable bonds is 17. The predicted molar refractivity (Wildman–Crippen MR) is 173 cm³/mol. The van der Waals surface area contributed by atoms with Crippen molar-refractivity contribution in [1.29, 1.82) is 0 Å². The van der Waals surface area contributed by atoms with Crippen LogP contribution in [0.1, 0.15) is 163 Å². The van der Waals surface area contributed by atoms with E-state index < -0.39 is 5.97 Å². The molecule has 4 heterocycles. The number of amides is 1. The Morgan fingerprint density at radius 3 is 1.95 bits per heavy atom. The molecule has 0 aromatic heterocycles. The van der Waals surface area contributed by atoms with Crippen LogP contribution in [0.2, 0.25) is 0 Å². The van der Waals surface area contributed by atoms with Crippen molar-refractivity contribution in [3.63, 3.8) is 0 Å². The minimum Gasteiger partial charge on any atom is -0.481 e. The van der Waals surface area contributed by atoms with E-state index in [1.54, 1.807) is 0 Å². The third kappa shape index (κ3) is 9.82. The molecule has 3 fully saturated rings. The standard InChI is InChI=1S/C19H24N2O.C18H36O2/c22-19-16-6-2-4-14-3-1-5-15(18(14)16)11-21(19)17-12-20-9-7-13(17)8-10-20;1-2-3-4-5-6-7-8-9-10-11-12-13-14-15-16-17-18(19)20/h2,4,6,13,15,17H,1,3,5,7-12H2;2-17H2,1H3,(H,19,20)/t15-,17-;/m1./s1. The molecule has 5 nitrogen and oxygen atoms in total. The second-order valence-electron chi connectivity index (χ2n) is 13.7. The molecule has 1 aliphatic carbocycles. The Kier molecular flexibility index (Phi) is 14.2. The summed E-state index contributed by atoms with van der Waals surface area (Å²) in [7, 11) is 0. The van der Waals surface area contributed by atoms with Gasteiger partial charge < -0.3 is 14.9 Å². The van der Waals surface area contributed by atoms with E-state index >= 15 is 0 Å². The van der Waals surface area contributed by atoms with E-state index in [9.17, 15) is 9.59 Å². The van der Waals surface area contributed by atoms with Gasteiger partial charge in [0.15, 0.2) is 0 Å². The number of carbonyl (C=O) groups excluding carboxylic acids is 1. The highest BCUT2D eigenvalue weighted by Gasteiger charge is 2.43. The monoisotopic (exact) mass is 580 g/mol. The highest BCUT2D eigenvalue weighted by molar-refractivity contribution is 5.98. The van der Waals surface area contributed by atoms with E-state index in [1.165, 1.54) is 133 Å². The van der Waals surface area contributed by atoms with Crippen molar-refractivity contribution in [3.05, 3.63) is 34.9 Å². The van der Waals surface area contributed by atoms with Crippen LogP contribution in [-0.2, 0) is 11.2 Å². The van der Waals surface area contributed by atoms with E-state index in [1.807, 2.05) is 0 Å². The summed E-state index contributed by atoms with van der Waals surface area (Å²) in [4.78, 5) is 28.3. The molecular formula is C37H60N2O3. The molecule has 5 aliphatic rings. The van der Waals surface area contributed by atoms with Crippen LogP contribution >= 0.6 is 0 Å². The van der Waals surface area contributed by atoms with Crippen molar-refractivity contribution in [1.82, 2.24) is 9.80 Å². The topological polar surface area (TPSA) is 60.9 Å². The van der Waals surface area contributed by atoms with E-state index in [0.717, 1.165) is 43.8 Å². The zero-order chi connectivity index (χ0) is 29.6. The first-order chi connectivity index (χ1) is 20.6. The van der Waals surface area contributed by atoms with Crippen LogP contribution in [0.5, 0.6) is 0 Å². The minimum absolute atomic E-state index is 0.314. The predicted octanol–water partition coefficient (Wildman–Crippen LogP) is 8.99. The van der Waals surface area contributed by atoms with Crippen LogP contribution in [0.4, 0.5) is 0 Å². The third-order valence-electron chi connectivity index (χ3n) is 10.5. The number of benzene rings is 1.